The molecule has 27 heavy (non-hydrogen) atoms. The van der Waals surface area contributed by atoms with E-state index in [9.17, 15) is 17.6 Å². The quantitative estimate of drug-likeness (QED) is 0.736. The zero-order valence-electron chi connectivity index (χ0n) is 15.7. The number of nitrogens with zero attached hydrogens (tertiary/aromatic N) is 2. The molecule has 0 aliphatic carbocycles. The Hall–Kier alpha value is -1.99. The second-order valence-electron chi connectivity index (χ2n) is 7.16. The lowest BCUT2D eigenvalue weighted by Crippen LogP contribution is -2.40. The van der Waals surface area contributed by atoms with Gasteiger partial charge in [0.25, 0.3) is 0 Å². The highest BCUT2D eigenvalue weighted by Crippen LogP contribution is 2.25. The summed E-state index contributed by atoms with van der Waals surface area (Å²) < 4.78 is 39.6. The summed E-state index contributed by atoms with van der Waals surface area (Å²) in [6, 6.07) is 6.86. The summed E-state index contributed by atoms with van der Waals surface area (Å²) in [6.07, 6.45) is 1.28. The highest BCUT2D eigenvalue weighted by Gasteiger charge is 2.30. The number of amides is 1. The van der Waals surface area contributed by atoms with Gasteiger partial charge in [-0.1, -0.05) is 32.4 Å². The predicted octanol–water partition coefficient (Wildman–Crippen LogP) is 4.25. The van der Waals surface area contributed by atoms with Gasteiger partial charge in [-0.25, -0.2) is 17.8 Å². The first-order valence-corrected chi connectivity index (χ1v) is 10.4. The number of carbonyl (C=O) groups excluding carboxylic acids is 1. The number of hydrogen-bond acceptors (Lipinski definition) is 4. The molecule has 0 radical (unpaired) electrons. The van der Waals surface area contributed by atoms with E-state index in [1.165, 1.54) is 35.4 Å². The lowest BCUT2D eigenvalue weighted by atomic mass is 9.94. The molecule has 0 saturated heterocycles. The number of aromatic nitrogens is 1. The third-order valence-electron chi connectivity index (χ3n) is 3.87. The number of benzene rings is 1. The Morgan fingerprint density at radius 3 is 2.30 bits per heavy atom. The van der Waals surface area contributed by atoms with Crippen molar-refractivity contribution in [1.82, 2.24) is 4.98 Å². The van der Waals surface area contributed by atoms with Crippen molar-refractivity contribution in [1.29, 1.82) is 0 Å². The van der Waals surface area contributed by atoms with Crippen LogP contribution in [0.2, 0.25) is 5.02 Å². The van der Waals surface area contributed by atoms with Gasteiger partial charge in [0.15, 0.2) is 21.5 Å². The average Bonchev–Trinajstić information content (AvgIpc) is 2.56. The van der Waals surface area contributed by atoms with Crippen molar-refractivity contribution >= 4 is 33.2 Å². The van der Waals surface area contributed by atoms with Crippen LogP contribution in [0.5, 0.6) is 0 Å². The minimum absolute atomic E-state index is 0.0921. The maximum absolute atomic E-state index is 14.6. The summed E-state index contributed by atoms with van der Waals surface area (Å²) in [7, 11) is -3.67. The Kier molecular flexibility index (Phi) is 6.27. The highest BCUT2D eigenvalue weighted by atomic mass is 35.5. The summed E-state index contributed by atoms with van der Waals surface area (Å²) >= 11 is 5.77. The smallest absolute Gasteiger partial charge is 0.233 e. The maximum atomic E-state index is 14.6. The average molecular weight is 413 g/mol. The first kappa shape index (κ1) is 21.3. The Balaban J connectivity index is 2.31. The first-order valence-electron chi connectivity index (χ1n) is 8.40. The SMILES string of the molecule is CCN(C(=O)C(C)(C)C)c1ncc(CS(=O)(=O)c2ccc(Cl)cc2)cc1F. The number of anilines is 1. The third kappa shape index (κ3) is 5.05. The van der Waals surface area contributed by atoms with Crippen LogP contribution in [0.3, 0.4) is 0 Å². The molecule has 1 amide bonds. The van der Waals surface area contributed by atoms with Gasteiger partial charge >= 0.3 is 0 Å². The molecule has 0 saturated carbocycles. The van der Waals surface area contributed by atoms with Crippen molar-refractivity contribution in [3.63, 3.8) is 0 Å². The summed E-state index contributed by atoms with van der Waals surface area (Å²) in [5.41, 5.74) is -0.494. The van der Waals surface area contributed by atoms with E-state index in [0.29, 0.717) is 5.02 Å². The molecule has 1 aromatic carbocycles. The molecule has 2 aromatic rings. The second-order valence-corrected chi connectivity index (χ2v) is 9.59. The van der Waals surface area contributed by atoms with Gasteiger partial charge in [0.05, 0.1) is 10.6 Å². The molecule has 0 N–H and O–H groups in total. The van der Waals surface area contributed by atoms with E-state index in [2.05, 4.69) is 4.98 Å². The number of halogens is 2. The van der Waals surface area contributed by atoms with Crippen molar-refractivity contribution < 1.29 is 17.6 Å². The van der Waals surface area contributed by atoms with Crippen LogP contribution in [-0.4, -0.2) is 25.9 Å². The van der Waals surface area contributed by atoms with E-state index < -0.39 is 26.8 Å². The molecular formula is C19H22ClFN2O3S. The van der Waals surface area contributed by atoms with Crippen LogP contribution in [0.1, 0.15) is 33.3 Å². The topological polar surface area (TPSA) is 67.3 Å². The van der Waals surface area contributed by atoms with Crippen molar-refractivity contribution in [3.05, 3.63) is 52.9 Å². The van der Waals surface area contributed by atoms with Gasteiger partial charge in [0.1, 0.15) is 0 Å². The minimum atomic E-state index is -3.67. The van der Waals surface area contributed by atoms with Gasteiger partial charge in [-0.15, -0.1) is 0 Å². The lowest BCUT2D eigenvalue weighted by Gasteiger charge is -2.28. The zero-order chi connectivity index (χ0) is 20.4. The molecule has 0 spiro atoms. The van der Waals surface area contributed by atoms with Gasteiger partial charge in [-0.2, -0.15) is 0 Å². The summed E-state index contributed by atoms with van der Waals surface area (Å²) in [5, 5.41) is 0.425. The Morgan fingerprint density at radius 2 is 1.81 bits per heavy atom. The van der Waals surface area contributed by atoms with Crippen molar-refractivity contribution in [3.8, 4) is 0 Å². The van der Waals surface area contributed by atoms with Crippen LogP contribution in [0, 0.1) is 11.2 Å². The Labute approximate surface area is 164 Å². The molecule has 0 bridgehead atoms. The van der Waals surface area contributed by atoms with Gasteiger partial charge in [0, 0.05) is 23.2 Å². The van der Waals surface area contributed by atoms with Crippen LogP contribution in [0.15, 0.2) is 41.4 Å². The molecule has 0 atom stereocenters. The monoisotopic (exact) mass is 412 g/mol. The van der Waals surface area contributed by atoms with E-state index in [0.717, 1.165) is 6.07 Å². The summed E-state index contributed by atoms with van der Waals surface area (Å²) in [4.78, 5) is 17.9. The van der Waals surface area contributed by atoms with E-state index in [-0.39, 0.29) is 28.7 Å². The predicted molar refractivity (Wildman–Crippen MR) is 104 cm³/mol. The molecule has 1 heterocycles. The molecule has 5 nitrogen and oxygen atoms in total. The van der Waals surface area contributed by atoms with Gasteiger partial charge in [0.2, 0.25) is 5.91 Å². The van der Waals surface area contributed by atoms with Crippen LogP contribution < -0.4 is 4.90 Å². The van der Waals surface area contributed by atoms with E-state index in [1.807, 2.05) is 0 Å². The Morgan fingerprint density at radius 1 is 1.22 bits per heavy atom. The number of pyridine rings is 1. The second kappa shape index (κ2) is 7.94. The van der Waals surface area contributed by atoms with Crippen LogP contribution in [0.4, 0.5) is 10.2 Å². The van der Waals surface area contributed by atoms with Crippen molar-refractivity contribution in [2.24, 2.45) is 5.41 Å². The molecule has 1 aromatic heterocycles. The molecule has 0 aliphatic heterocycles. The number of sulfone groups is 1. The minimum Gasteiger partial charge on any atom is -0.294 e. The van der Waals surface area contributed by atoms with Gasteiger partial charge in [-0.3, -0.25) is 9.69 Å². The van der Waals surface area contributed by atoms with Crippen molar-refractivity contribution in [2.75, 3.05) is 11.4 Å². The van der Waals surface area contributed by atoms with Gasteiger partial charge < -0.3 is 0 Å². The normalized spacial score (nSPS) is 12.1. The largest absolute Gasteiger partial charge is 0.294 e. The van der Waals surface area contributed by atoms with Crippen LogP contribution in [0.25, 0.3) is 0 Å². The maximum Gasteiger partial charge on any atom is 0.233 e. The van der Waals surface area contributed by atoms with Crippen molar-refractivity contribution in [2.45, 2.75) is 38.3 Å². The highest BCUT2D eigenvalue weighted by molar-refractivity contribution is 7.90. The van der Waals surface area contributed by atoms with E-state index in [1.54, 1.807) is 27.7 Å². The third-order valence-corrected chi connectivity index (χ3v) is 5.82. The molecule has 2 rings (SSSR count). The Bertz CT molecular complexity index is 938. The molecule has 146 valence electrons. The standard InChI is InChI=1S/C19H22ClFN2O3S/c1-5-23(18(24)19(2,3)4)17-16(21)10-13(11-22-17)12-27(25,26)15-8-6-14(20)7-9-15/h6-11H,5,12H2,1-4H3. The summed E-state index contributed by atoms with van der Waals surface area (Å²) in [6.45, 7) is 7.20. The molecule has 0 aliphatic rings. The van der Waals surface area contributed by atoms with Gasteiger partial charge in [-0.05, 0) is 42.8 Å². The number of rotatable bonds is 5. The van der Waals surface area contributed by atoms with E-state index >= 15 is 0 Å². The van der Waals surface area contributed by atoms with Crippen LogP contribution >= 0.6 is 11.6 Å². The fourth-order valence-corrected chi connectivity index (χ4v) is 3.93. The molecule has 0 unspecified atom stereocenters. The zero-order valence-corrected chi connectivity index (χ0v) is 17.2. The molecule has 8 heteroatoms. The molecular weight excluding hydrogens is 391 g/mol. The number of carbonyl (C=O) groups is 1. The number of hydrogen-bond donors (Lipinski definition) is 0. The fraction of sp³-hybridized carbons (Fsp3) is 0.368. The first-order chi connectivity index (χ1) is 12.5. The van der Waals surface area contributed by atoms with Crippen LogP contribution in [-0.2, 0) is 20.4 Å². The lowest BCUT2D eigenvalue weighted by molar-refractivity contribution is -0.125. The summed E-state index contributed by atoms with van der Waals surface area (Å²) in [5.74, 6) is -1.51. The molecule has 0 fully saturated rings. The van der Waals surface area contributed by atoms with E-state index in [4.69, 9.17) is 11.6 Å². The fourth-order valence-electron chi connectivity index (χ4n) is 2.49.